The number of nitrogens with zero attached hydrogens (tertiary/aromatic N) is 2. The van der Waals surface area contributed by atoms with E-state index in [1.54, 1.807) is 12.1 Å². The minimum absolute atomic E-state index is 0.0958. The second-order valence-corrected chi connectivity index (χ2v) is 7.28. The lowest BCUT2D eigenvalue weighted by Gasteiger charge is -2.30. The molecule has 1 saturated heterocycles. The summed E-state index contributed by atoms with van der Waals surface area (Å²) >= 11 is 0. The summed E-state index contributed by atoms with van der Waals surface area (Å²) < 4.78 is 13.5. The largest absolute Gasteiger partial charge is 0.317 e. The third kappa shape index (κ3) is 3.27. The van der Waals surface area contributed by atoms with E-state index in [9.17, 15) is 9.18 Å². The van der Waals surface area contributed by atoms with Gasteiger partial charge in [-0.1, -0.05) is 31.2 Å². The Balaban J connectivity index is 1.64. The van der Waals surface area contributed by atoms with Crippen molar-refractivity contribution in [3.8, 4) is 0 Å². The van der Waals surface area contributed by atoms with Crippen molar-refractivity contribution < 1.29 is 14.1 Å². The van der Waals surface area contributed by atoms with Gasteiger partial charge in [-0.3, -0.25) is 9.69 Å². The van der Waals surface area contributed by atoms with Gasteiger partial charge in [-0.25, -0.2) is 9.38 Å². The van der Waals surface area contributed by atoms with E-state index in [1.807, 2.05) is 29.2 Å². The Kier molecular flexibility index (Phi) is 4.55. The maximum absolute atomic E-state index is 13.5. The number of anilines is 1. The minimum Gasteiger partial charge on any atom is -0.317 e. The maximum atomic E-state index is 13.5. The number of rotatable bonds is 3. The monoisotopic (exact) mass is 352 g/mol. The van der Waals surface area contributed by atoms with E-state index in [1.165, 1.54) is 29.9 Å². The standard InChI is InChI=1S/C21H22FN3O/c1-15-9-11-24(12-10-15)14-25-19-8-3-2-7-18(19)20(21(25)26)23-17-6-4-5-16(22)13-17/h2-8,13,15H,9-12,14H2,1H3/p+1. The van der Waals surface area contributed by atoms with Gasteiger partial charge in [0, 0.05) is 5.56 Å². The van der Waals surface area contributed by atoms with Crippen LogP contribution in [0.5, 0.6) is 0 Å². The Hall–Kier alpha value is -2.53. The molecular formula is C21H23FN3O+. The molecule has 0 bridgehead atoms. The summed E-state index contributed by atoms with van der Waals surface area (Å²) in [5.74, 6) is 0.321. The molecule has 2 aliphatic heterocycles. The smallest absolute Gasteiger partial charge is 0.281 e. The number of para-hydroxylation sites is 1. The Morgan fingerprint density at radius 2 is 1.92 bits per heavy atom. The number of hydrogen-bond donors (Lipinski definition) is 1. The molecule has 26 heavy (non-hydrogen) atoms. The second kappa shape index (κ2) is 7.00. The molecular weight excluding hydrogens is 329 g/mol. The van der Waals surface area contributed by atoms with E-state index in [2.05, 4.69) is 11.9 Å². The van der Waals surface area contributed by atoms with Crippen molar-refractivity contribution in [2.45, 2.75) is 19.8 Å². The molecule has 0 atom stereocenters. The van der Waals surface area contributed by atoms with Crippen LogP contribution in [-0.2, 0) is 4.79 Å². The molecule has 1 fully saturated rings. The zero-order valence-electron chi connectivity index (χ0n) is 14.9. The van der Waals surface area contributed by atoms with Crippen LogP contribution in [0.2, 0.25) is 0 Å². The molecule has 4 nitrogen and oxygen atoms in total. The fourth-order valence-electron chi connectivity index (χ4n) is 3.75. The van der Waals surface area contributed by atoms with Gasteiger partial charge in [0.2, 0.25) is 0 Å². The van der Waals surface area contributed by atoms with Crippen molar-refractivity contribution in [2.24, 2.45) is 10.9 Å². The number of quaternary nitrogens is 1. The summed E-state index contributed by atoms with van der Waals surface area (Å²) in [5.41, 5.74) is 2.59. The molecule has 2 heterocycles. The zero-order valence-corrected chi connectivity index (χ0v) is 14.9. The third-order valence-electron chi connectivity index (χ3n) is 5.31. The predicted octanol–water partition coefficient (Wildman–Crippen LogP) is 2.57. The normalized spacial score (nSPS) is 24.2. The first-order valence-corrected chi connectivity index (χ1v) is 9.21. The van der Waals surface area contributed by atoms with Crippen LogP contribution in [0.15, 0.2) is 53.5 Å². The highest BCUT2D eigenvalue weighted by molar-refractivity contribution is 6.54. The van der Waals surface area contributed by atoms with Gasteiger partial charge in [0.25, 0.3) is 5.91 Å². The van der Waals surface area contributed by atoms with E-state index in [0.717, 1.165) is 30.3 Å². The van der Waals surface area contributed by atoms with Crippen LogP contribution in [-0.4, -0.2) is 31.4 Å². The van der Waals surface area contributed by atoms with Gasteiger partial charge >= 0.3 is 0 Å². The Labute approximate surface area is 153 Å². The van der Waals surface area contributed by atoms with Crippen molar-refractivity contribution in [1.29, 1.82) is 0 Å². The number of benzene rings is 2. The first kappa shape index (κ1) is 16.9. The van der Waals surface area contributed by atoms with Gasteiger partial charge in [-0.15, -0.1) is 0 Å². The predicted molar refractivity (Wildman–Crippen MR) is 100 cm³/mol. The van der Waals surface area contributed by atoms with E-state index >= 15 is 0 Å². The summed E-state index contributed by atoms with van der Waals surface area (Å²) in [7, 11) is 0. The fraction of sp³-hybridized carbons (Fsp3) is 0.333. The van der Waals surface area contributed by atoms with E-state index in [4.69, 9.17) is 0 Å². The molecule has 0 spiro atoms. The van der Waals surface area contributed by atoms with Crippen molar-refractivity contribution in [2.75, 3.05) is 24.7 Å². The molecule has 0 radical (unpaired) electrons. The molecule has 0 saturated carbocycles. The number of amides is 1. The molecule has 0 aromatic heterocycles. The van der Waals surface area contributed by atoms with E-state index in [0.29, 0.717) is 18.1 Å². The maximum Gasteiger partial charge on any atom is 0.281 e. The van der Waals surface area contributed by atoms with Crippen molar-refractivity contribution in [3.05, 3.63) is 59.9 Å². The van der Waals surface area contributed by atoms with Crippen molar-refractivity contribution in [3.63, 3.8) is 0 Å². The number of halogens is 1. The topological polar surface area (TPSA) is 37.1 Å². The Bertz CT molecular complexity index is 856. The summed E-state index contributed by atoms with van der Waals surface area (Å²) in [6.45, 7) is 5.12. The van der Waals surface area contributed by atoms with Gasteiger partial charge in [0.15, 0.2) is 6.67 Å². The third-order valence-corrected chi connectivity index (χ3v) is 5.31. The number of aliphatic imine (C=N–C) groups is 1. The molecule has 2 aliphatic rings. The molecule has 1 N–H and O–H groups in total. The fourth-order valence-corrected chi connectivity index (χ4v) is 3.75. The number of carbonyl (C=O) groups is 1. The number of carbonyl (C=O) groups excluding carboxylic acids is 1. The number of likely N-dealkylation sites (tertiary alicyclic amines) is 1. The molecule has 1 amide bonds. The molecule has 2 aromatic rings. The van der Waals surface area contributed by atoms with Crippen LogP contribution in [0, 0.1) is 11.7 Å². The molecule has 0 aliphatic carbocycles. The number of fused-ring (bicyclic) bond motifs is 1. The van der Waals surface area contributed by atoms with Crippen LogP contribution in [0.4, 0.5) is 15.8 Å². The van der Waals surface area contributed by atoms with Gasteiger partial charge in [0.05, 0.1) is 24.5 Å². The Morgan fingerprint density at radius 3 is 2.69 bits per heavy atom. The quantitative estimate of drug-likeness (QED) is 0.906. The van der Waals surface area contributed by atoms with Crippen LogP contribution in [0.1, 0.15) is 25.3 Å². The van der Waals surface area contributed by atoms with Gasteiger partial charge in [-0.2, -0.15) is 0 Å². The zero-order chi connectivity index (χ0) is 18.1. The SMILES string of the molecule is CC1CC[NH+](CN2C(=O)C(=Nc3cccc(F)c3)c3ccccc32)CC1. The molecule has 4 rings (SSSR count). The Morgan fingerprint density at radius 1 is 1.15 bits per heavy atom. The highest BCUT2D eigenvalue weighted by atomic mass is 19.1. The van der Waals surface area contributed by atoms with Gasteiger partial charge < -0.3 is 4.90 Å². The van der Waals surface area contributed by atoms with Gasteiger partial charge in [-0.05, 0) is 43.0 Å². The molecule has 5 heteroatoms. The van der Waals surface area contributed by atoms with Crippen molar-refractivity contribution >= 4 is 23.0 Å². The van der Waals surface area contributed by atoms with Crippen LogP contribution in [0.25, 0.3) is 0 Å². The summed E-state index contributed by atoms with van der Waals surface area (Å²) in [4.78, 5) is 20.8. The number of hydrogen-bond acceptors (Lipinski definition) is 2. The number of nitrogens with one attached hydrogen (secondary N) is 1. The molecule has 2 aromatic carbocycles. The van der Waals surface area contributed by atoms with Crippen molar-refractivity contribution in [1.82, 2.24) is 0 Å². The van der Waals surface area contributed by atoms with Gasteiger partial charge in [0.1, 0.15) is 11.5 Å². The second-order valence-electron chi connectivity index (χ2n) is 7.28. The van der Waals surface area contributed by atoms with E-state index in [-0.39, 0.29) is 11.7 Å². The van der Waals surface area contributed by atoms with E-state index < -0.39 is 0 Å². The lowest BCUT2D eigenvalue weighted by molar-refractivity contribution is -0.904. The first-order valence-electron chi connectivity index (χ1n) is 9.21. The first-order chi connectivity index (χ1) is 12.6. The lowest BCUT2D eigenvalue weighted by atomic mass is 10.00. The summed E-state index contributed by atoms with van der Waals surface area (Å²) in [6.07, 6.45) is 2.40. The summed E-state index contributed by atoms with van der Waals surface area (Å²) in [6, 6.07) is 13.8. The summed E-state index contributed by atoms with van der Waals surface area (Å²) in [5, 5.41) is 0. The molecule has 0 unspecified atom stereocenters. The molecule has 134 valence electrons. The highest BCUT2D eigenvalue weighted by Crippen LogP contribution is 2.30. The average molecular weight is 352 g/mol. The minimum atomic E-state index is -0.352. The van der Waals surface area contributed by atoms with Crippen LogP contribution >= 0.6 is 0 Å². The highest BCUT2D eigenvalue weighted by Gasteiger charge is 2.36. The van der Waals surface area contributed by atoms with Crippen LogP contribution < -0.4 is 9.80 Å². The lowest BCUT2D eigenvalue weighted by Crippen LogP contribution is -3.14. The number of piperidine rings is 1. The van der Waals surface area contributed by atoms with Crippen LogP contribution in [0.3, 0.4) is 0 Å². The average Bonchev–Trinajstić information content (AvgIpc) is 2.90.